The molecule has 1 atom stereocenters. The summed E-state index contributed by atoms with van der Waals surface area (Å²) in [7, 11) is 0. The van der Waals surface area contributed by atoms with Gasteiger partial charge in [0, 0.05) is 24.1 Å². The first-order valence-corrected chi connectivity index (χ1v) is 7.19. The van der Waals surface area contributed by atoms with Gasteiger partial charge in [0.15, 0.2) is 0 Å². The molecule has 1 unspecified atom stereocenters. The molecule has 1 aliphatic rings. The first-order valence-electron chi connectivity index (χ1n) is 6.40. The van der Waals surface area contributed by atoms with E-state index in [1.807, 2.05) is 24.3 Å². The molecule has 0 saturated carbocycles. The third-order valence-corrected chi connectivity index (χ3v) is 4.05. The fourth-order valence-corrected chi connectivity index (χ4v) is 2.54. The largest absolute Gasteiger partial charge is 0.492 e. The summed E-state index contributed by atoms with van der Waals surface area (Å²) < 4.78 is 6.65. The molecule has 0 aromatic heterocycles. The van der Waals surface area contributed by atoms with E-state index in [2.05, 4.69) is 20.8 Å². The van der Waals surface area contributed by atoms with Gasteiger partial charge in [-0.3, -0.25) is 9.69 Å². The Kier molecular flexibility index (Phi) is 4.82. The molecule has 1 fully saturated rings. The van der Waals surface area contributed by atoms with E-state index in [-0.39, 0.29) is 11.8 Å². The molecule has 0 bridgehead atoms. The Bertz CT molecular complexity index is 446. The number of benzene rings is 1. The van der Waals surface area contributed by atoms with E-state index in [1.54, 1.807) is 6.92 Å². The summed E-state index contributed by atoms with van der Waals surface area (Å²) in [6.45, 7) is 4.97. The molecule has 0 amide bonds. The van der Waals surface area contributed by atoms with Crippen LogP contribution in [-0.4, -0.2) is 42.2 Å². The molecule has 0 radical (unpaired) electrons. The van der Waals surface area contributed by atoms with Crippen molar-refractivity contribution >= 4 is 21.9 Å². The number of ether oxygens (including phenoxy) is 1. The van der Waals surface area contributed by atoms with E-state index >= 15 is 0 Å². The van der Waals surface area contributed by atoms with Crippen LogP contribution < -0.4 is 4.74 Å². The number of hydrogen-bond donors (Lipinski definition) is 1. The van der Waals surface area contributed by atoms with E-state index in [4.69, 9.17) is 9.84 Å². The van der Waals surface area contributed by atoms with Crippen LogP contribution in [0.3, 0.4) is 0 Å². The smallest absolute Gasteiger partial charge is 0.306 e. The lowest BCUT2D eigenvalue weighted by Crippen LogP contribution is -2.52. The van der Waals surface area contributed by atoms with Crippen LogP contribution in [0.2, 0.25) is 0 Å². The van der Waals surface area contributed by atoms with E-state index in [0.717, 1.165) is 29.9 Å². The predicted octanol–water partition coefficient (Wildman–Crippen LogP) is 2.48. The zero-order valence-electron chi connectivity index (χ0n) is 10.9. The maximum atomic E-state index is 10.8. The highest BCUT2D eigenvalue weighted by molar-refractivity contribution is 9.10. The Morgan fingerprint density at radius 1 is 1.58 bits per heavy atom. The lowest BCUT2D eigenvalue weighted by atomic mass is 9.87. The number of aliphatic carboxylic acids is 1. The molecule has 1 aromatic rings. The Balaban J connectivity index is 1.65. The Morgan fingerprint density at radius 2 is 2.32 bits per heavy atom. The molecule has 5 heteroatoms. The number of likely N-dealkylation sites (tertiary alicyclic amines) is 1. The quantitative estimate of drug-likeness (QED) is 0.872. The van der Waals surface area contributed by atoms with Gasteiger partial charge in [0.05, 0.1) is 5.92 Å². The van der Waals surface area contributed by atoms with Gasteiger partial charge in [0.1, 0.15) is 12.4 Å². The van der Waals surface area contributed by atoms with Gasteiger partial charge in [0.25, 0.3) is 0 Å². The maximum Gasteiger partial charge on any atom is 0.306 e. The molecule has 2 rings (SSSR count). The van der Waals surface area contributed by atoms with Crippen LogP contribution >= 0.6 is 15.9 Å². The molecule has 4 nitrogen and oxygen atoms in total. The predicted molar refractivity (Wildman–Crippen MR) is 76.4 cm³/mol. The maximum absolute atomic E-state index is 10.8. The highest BCUT2D eigenvalue weighted by Crippen LogP contribution is 2.24. The minimum absolute atomic E-state index is 0.248. The van der Waals surface area contributed by atoms with Gasteiger partial charge in [0.2, 0.25) is 0 Å². The second-order valence-electron chi connectivity index (χ2n) is 4.95. The van der Waals surface area contributed by atoms with Crippen molar-refractivity contribution in [3.63, 3.8) is 0 Å². The minimum Gasteiger partial charge on any atom is -0.492 e. The third kappa shape index (κ3) is 3.94. The first kappa shape index (κ1) is 14.3. The van der Waals surface area contributed by atoms with E-state index in [0.29, 0.717) is 6.61 Å². The molecule has 1 aromatic carbocycles. The fourth-order valence-electron chi connectivity index (χ4n) is 2.16. The summed E-state index contributed by atoms with van der Waals surface area (Å²) in [5.74, 6) is 0.186. The molecule has 0 spiro atoms. The number of nitrogens with zero attached hydrogens (tertiary/aromatic N) is 1. The molecule has 19 heavy (non-hydrogen) atoms. The van der Waals surface area contributed by atoms with Crippen LogP contribution in [0.25, 0.3) is 0 Å². The van der Waals surface area contributed by atoms with E-state index in [9.17, 15) is 4.79 Å². The summed E-state index contributed by atoms with van der Waals surface area (Å²) in [6.07, 6.45) is 0. The zero-order valence-corrected chi connectivity index (χ0v) is 12.5. The Hall–Kier alpha value is -1.07. The van der Waals surface area contributed by atoms with Crippen molar-refractivity contribution in [2.24, 2.45) is 11.8 Å². The number of carboxylic acid groups (broad SMARTS) is 1. The average molecular weight is 328 g/mol. The lowest BCUT2D eigenvalue weighted by molar-refractivity contribution is -0.145. The van der Waals surface area contributed by atoms with Crippen LogP contribution in [0.5, 0.6) is 5.75 Å². The van der Waals surface area contributed by atoms with Crippen LogP contribution in [0.1, 0.15) is 6.92 Å². The van der Waals surface area contributed by atoms with Gasteiger partial charge in [-0.05, 0) is 24.1 Å². The molecule has 1 heterocycles. The second kappa shape index (κ2) is 6.39. The number of carbonyl (C=O) groups is 1. The summed E-state index contributed by atoms with van der Waals surface area (Å²) in [6, 6.07) is 7.76. The van der Waals surface area contributed by atoms with Crippen molar-refractivity contribution in [1.29, 1.82) is 0 Å². The standard InChI is InChI=1S/C14H18BrNO3/c1-10(14(17)18)11-8-16(9-11)5-6-19-13-4-2-3-12(15)7-13/h2-4,7,10-11H,5-6,8-9H2,1H3,(H,17,18). The van der Waals surface area contributed by atoms with E-state index in [1.165, 1.54) is 0 Å². The summed E-state index contributed by atoms with van der Waals surface area (Å²) in [5, 5.41) is 8.91. The number of hydrogen-bond acceptors (Lipinski definition) is 3. The molecular formula is C14H18BrNO3. The van der Waals surface area contributed by atoms with Gasteiger partial charge in [-0.2, -0.15) is 0 Å². The van der Waals surface area contributed by atoms with E-state index < -0.39 is 5.97 Å². The van der Waals surface area contributed by atoms with Crippen LogP contribution in [0, 0.1) is 11.8 Å². The van der Waals surface area contributed by atoms with Gasteiger partial charge in [-0.1, -0.05) is 28.9 Å². The van der Waals surface area contributed by atoms with Gasteiger partial charge < -0.3 is 9.84 Å². The number of carboxylic acids is 1. The lowest BCUT2D eigenvalue weighted by Gasteiger charge is -2.41. The zero-order chi connectivity index (χ0) is 13.8. The van der Waals surface area contributed by atoms with Crippen LogP contribution in [0.4, 0.5) is 0 Å². The third-order valence-electron chi connectivity index (χ3n) is 3.55. The molecule has 1 saturated heterocycles. The van der Waals surface area contributed by atoms with Crippen molar-refractivity contribution in [3.8, 4) is 5.75 Å². The molecule has 0 aliphatic carbocycles. The monoisotopic (exact) mass is 327 g/mol. The van der Waals surface area contributed by atoms with Crippen LogP contribution in [0.15, 0.2) is 28.7 Å². The Labute approximate surface area is 121 Å². The average Bonchev–Trinajstić information content (AvgIpc) is 2.31. The molecule has 1 N–H and O–H groups in total. The van der Waals surface area contributed by atoms with Crippen molar-refractivity contribution in [1.82, 2.24) is 4.90 Å². The molecule has 104 valence electrons. The van der Waals surface area contributed by atoms with Gasteiger partial charge in [-0.25, -0.2) is 0 Å². The van der Waals surface area contributed by atoms with Gasteiger partial charge >= 0.3 is 5.97 Å². The van der Waals surface area contributed by atoms with Crippen molar-refractivity contribution < 1.29 is 14.6 Å². The second-order valence-corrected chi connectivity index (χ2v) is 5.87. The highest BCUT2D eigenvalue weighted by Gasteiger charge is 2.34. The molecule has 1 aliphatic heterocycles. The number of rotatable bonds is 6. The van der Waals surface area contributed by atoms with Crippen molar-refractivity contribution in [2.45, 2.75) is 6.92 Å². The normalized spacial score (nSPS) is 17.8. The summed E-state index contributed by atoms with van der Waals surface area (Å²) in [5.41, 5.74) is 0. The Morgan fingerprint density at radius 3 is 2.95 bits per heavy atom. The number of halogens is 1. The summed E-state index contributed by atoms with van der Waals surface area (Å²) >= 11 is 3.40. The minimum atomic E-state index is -0.699. The SMILES string of the molecule is CC(C(=O)O)C1CN(CCOc2cccc(Br)c2)C1. The van der Waals surface area contributed by atoms with Crippen molar-refractivity contribution in [2.75, 3.05) is 26.2 Å². The molecular weight excluding hydrogens is 310 g/mol. The summed E-state index contributed by atoms with van der Waals surface area (Å²) in [4.78, 5) is 13.0. The van der Waals surface area contributed by atoms with Crippen molar-refractivity contribution in [3.05, 3.63) is 28.7 Å². The fraction of sp³-hybridized carbons (Fsp3) is 0.500. The first-order chi connectivity index (χ1) is 9.06. The van der Waals surface area contributed by atoms with Crippen LogP contribution in [-0.2, 0) is 4.79 Å². The highest BCUT2D eigenvalue weighted by atomic mass is 79.9. The topological polar surface area (TPSA) is 49.8 Å². The van der Waals surface area contributed by atoms with Gasteiger partial charge in [-0.15, -0.1) is 0 Å².